The summed E-state index contributed by atoms with van der Waals surface area (Å²) in [6, 6.07) is 5.20. The predicted molar refractivity (Wildman–Crippen MR) is 127 cm³/mol. The van der Waals surface area contributed by atoms with Crippen LogP contribution in [0.15, 0.2) is 34.6 Å². The maximum absolute atomic E-state index is 12.4. The van der Waals surface area contributed by atoms with Gasteiger partial charge in [-0.05, 0) is 37.5 Å². The second-order valence-corrected chi connectivity index (χ2v) is 8.82. The number of ether oxygens (including phenoxy) is 2. The van der Waals surface area contributed by atoms with Crippen molar-refractivity contribution in [2.75, 3.05) is 24.8 Å². The Labute approximate surface area is 193 Å². The molecule has 0 fully saturated rings. The summed E-state index contributed by atoms with van der Waals surface area (Å²) < 4.78 is 13.3. The maximum atomic E-state index is 12.4. The monoisotopic (exact) mass is 459 g/mol. The summed E-state index contributed by atoms with van der Waals surface area (Å²) in [5, 5.41) is 8.50. The average molecular weight is 460 g/mol. The first kappa shape index (κ1) is 24.0. The van der Waals surface area contributed by atoms with E-state index in [0.717, 1.165) is 30.6 Å². The molecular weight excluding hydrogens is 426 g/mol. The van der Waals surface area contributed by atoms with Crippen LogP contribution in [0.4, 0.5) is 5.95 Å². The molecule has 9 heteroatoms. The molecule has 3 N–H and O–H groups in total. The highest BCUT2D eigenvalue weighted by molar-refractivity contribution is 7.99. The van der Waals surface area contributed by atoms with Crippen LogP contribution in [0.1, 0.15) is 64.5 Å². The molecule has 32 heavy (non-hydrogen) atoms. The molecule has 0 saturated heterocycles. The van der Waals surface area contributed by atoms with Crippen LogP contribution in [0.2, 0.25) is 0 Å². The molecule has 0 saturated carbocycles. The zero-order valence-corrected chi connectivity index (χ0v) is 20.1. The van der Waals surface area contributed by atoms with E-state index in [1.807, 2.05) is 25.1 Å². The highest BCUT2D eigenvalue weighted by Gasteiger charge is 2.33. The van der Waals surface area contributed by atoms with Crippen molar-refractivity contribution < 1.29 is 14.3 Å². The number of thioether (sulfide) groups is 1. The Morgan fingerprint density at radius 2 is 2.03 bits per heavy atom. The maximum Gasteiger partial charge on any atom is 0.248 e. The first-order valence-corrected chi connectivity index (χ1v) is 12.2. The van der Waals surface area contributed by atoms with Crippen LogP contribution < -0.4 is 20.5 Å². The topological polar surface area (TPSA) is 104 Å². The molecule has 1 atom stereocenters. The second kappa shape index (κ2) is 11.3. The Kier molecular flexibility index (Phi) is 8.44. The summed E-state index contributed by atoms with van der Waals surface area (Å²) in [7, 11) is 1.61. The molecule has 3 rings (SSSR count). The summed E-state index contributed by atoms with van der Waals surface area (Å²) in [5.41, 5.74) is 7.72. The molecule has 174 valence electrons. The average Bonchev–Trinajstić information content (AvgIpc) is 3.18. The summed E-state index contributed by atoms with van der Waals surface area (Å²) in [5.74, 6) is 2.30. The number of anilines is 1. The minimum atomic E-state index is -0.501. The molecule has 8 nitrogen and oxygen atoms in total. The fourth-order valence-electron chi connectivity index (χ4n) is 3.70. The van der Waals surface area contributed by atoms with Gasteiger partial charge >= 0.3 is 0 Å². The third kappa shape index (κ3) is 5.38. The van der Waals surface area contributed by atoms with Gasteiger partial charge in [0.2, 0.25) is 17.0 Å². The molecule has 0 spiro atoms. The van der Waals surface area contributed by atoms with Gasteiger partial charge in [-0.15, -0.1) is 5.10 Å². The van der Waals surface area contributed by atoms with E-state index < -0.39 is 11.9 Å². The van der Waals surface area contributed by atoms with Crippen LogP contribution in [0.3, 0.4) is 0 Å². The highest BCUT2D eigenvalue weighted by atomic mass is 32.2. The molecule has 2 heterocycles. The van der Waals surface area contributed by atoms with Crippen molar-refractivity contribution in [3.63, 3.8) is 0 Å². The number of carbonyl (C=O) groups is 1. The number of nitrogens with two attached hydrogens (primary N) is 1. The van der Waals surface area contributed by atoms with Crippen LogP contribution in [0, 0.1) is 0 Å². The van der Waals surface area contributed by atoms with E-state index in [1.54, 1.807) is 23.6 Å². The lowest BCUT2D eigenvalue weighted by atomic mass is 9.95. The number of hydrogen-bond acceptors (Lipinski definition) is 7. The number of primary amides is 1. The van der Waals surface area contributed by atoms with E-state index in [4.69, 9.17) is 15.2 Å². The fraction of sp³-hybridized carbons (Fsp3) is 0.522. The minimum absolute atomic E-state index is 0.449. The number of amides is 1. The number of fused-ring (bicyclic) bond motifs is 1. The number of carbonyl (C=O) groups excluding carboxylic acids is 1. The molecule has 1 aliphatic heterocycles. The minimum Gasteiger partial charge on any atom is -0.493 e. The van der Waals surface area contributed by atoms with Crippen molar-refractivity contribution >= 4 is 23.6 Å². The first-order chi connectivity index (χ1) is 15.5. The number of methoxy groups -OCH3 is 1. The molecule has 0 radical (unpaired) electrons. The van der Waals surface area contributed by atoms with Crippen LogP contribution in [-0.4, -0.2) is 40.1 Å². The van der Waals surface area contributed by atoms with Gasteiger partial charge in [-0.1, -0.05) is 50.9 Å². The number of benzene rings is 1. The lowest BCUT2D eigenvalue weighted by Crippen LogP contribution is -2.31. The van der Waals surface area contributed by atoms with Gasteiger partial charge in [-0.25, -0.2) is 4.68 Å². The van der Waals surface area contributed by atoms with E-state index in [0.29, 0.717) is 40.5 Å². The van der Waals surface area contributed by atoms with Gasteiger partial charge in [0.15, 0.2) is 11.5 Å². The molecule has 1 amide bonds. The number of unbranched alkanes of at least 4 members (excludes halogenated alkanes) is 3. The van der Waals surface area contributed by atoms with Crippen molar-refractivity contribution in [2.45, 2.75) is 64.1 Å². The summed E-state index contributed by atoms with van der Waals surface area (Å²) in [4.78, 5) is 17.0. The molecule has 0 aliphatic carbocycles. The molecular formula is C23H33N5O3S. The molecule has 0 bridgehead atoms. The zero-order valence-electron chi connectivity index (χ0n) is 19.3. The van der Waals surface area contributed by atoms with Crippen molar-refractivity contribution in [1.29, 1.82) is 0 Å². The fourth-order valence-corrected chi connectivity index (χ4v) is 4.38. The lowest BCUT2D eigenvalue weighted by Gasteiger charge is -2.28. The number of hydrogen-bond donors (Lipinski definition) is 2. The summed E-state index contributed by atoms with van der Waals surface area (Å²) in [6.45, 7) is 6.77. The normalized spacial score (nSPS) is 15.3. The van der Waals surface area contributed by atoms with Gasteiger partial charge in [-0.3, -0.25) is 4.79 Å². The van der Waals surface area contributed by atoms with Gasteiger partial charge in [0.1, 0.15) is 6.04 Å². The quantitative estimate of drug-likeness (QED) is 0.355. The molecule has 1 aromatic heterocycles. The van der Waals surface area contributed by atoms with Gasteiger partial charge in [0.25, 0.3) is 0 Å². The Hall–Kier alpha value is -2.68. The van der Waals surface area contributed by atoms with Gasteiger partial charge in [-0.2, -0.15) is 4.98 Å². The highest BCUT2D eigenvalue weighted by Crippen LogP contribution is 2.39. The van der Waals surface area contributed by atoms with Crippen LogP contribution in [0.5, 0.6) is 11.5 Å². The van der Waals surface area contributed by atoms with E-state index in [1.165, 1.54) is 12.8 Å². The van der Waals surface area contributed by atoms with E-state index in [9.17, 15) is 4.79 Å². The van der Waals surface area contributed by atoms with Gasteiger partial charge in [0.05, 0.1) is 19.3 Å². The Bertz CT molecular complexity index is 973. The lowest BCUT2D eigenvalue weighted by molar-refractivity contribution is -0.115. The third-order valence-electron chi connectivity index (χ3n) is 5.29. The van der Waals surface area contributed by atoms with Crippen LogP contribution in [0.25, 0.3) is 0 Å². The van der Waals surface area contributed by atoms with E-state index in [2.05, 4.69) is 29.2 Å². The van der Waals surface area contributed by atoms with Crippen molar-refractivity contribution in [3.05, 3.63) is 35.0 Å². The van der Waals surface area contributed by atoms with Crippen molar-refractivity contribution in [1.82, 2.24) is 14.8 Å². The Morgan fingerprint density at radius 1 is 1.22 bits per heavy atom. The van der Waals surface area contributed by atoms with E-state index >= 15 is 0 Å². The number of allylic oxidation sites excluding steroid dienone is 1. The number of nitrogens with zero attached hydrogens (tertiary/aromatic N) is 3. The number of rotatable bonds is 12. The Balaban J connectivity index is 1.93. The molecule has 1 unspecified atom stereocenters. The van der Waals surface area contributed by atoms with Crippen LogP contribution >= 0.6 is 11.8 Å². The van der Waals surface area contributed by atoms with Crippen LogP contribution in [-0.2, 0) is 4.79 Å². The zero-order chi connectivity index (χ0) is 23.1. The van der Waals surface area contributed by atoms with Crippen molar-refractivity contribution in [2.24, 2.45) is 5.73 Å². The number of nitrogens with one attached hydrogen (secondary N) is 1. The standard InChI is InChI=1S/C23H33N5O3S/c1-5-7-8-9-12-31-17-11-10-16(14-18(17)30-4)20-19(21(24)29)15(3)25-22-26-23(27-28(20)22)32-13-6-2/h10-11,14,20H,5-9,12-13H2,1-4H3,(H2,24,29)(H,25,26,27). The third-order valence-corrected chi connectivity index (χ3v) is 6.34. The molecule has 1 aromatic carbocycles. The van der Waals surface area contributed by atoms with Crippen molar-refractivity contribution in [3.8, 4) is 11.5 Å². The number of aromatic nitrogens is 3. The molecule has 2 aromatic rings. The largest absolute Gasteiger partial charge is 0.493 e. The SMILES string of the molecule is CCCCCCOc1ccc(C2C(C(N)=O)=C(C)Nc3nc(SCCC)nn32)cc1OC. The predicted octanol–water partition coefficient (Wildman–Crippen LogP) is 4.52. The van der Waals surface area contributed by atoms with E-state index in [-0.39, 0.29) is 0 Å². The second-order valence-electron chi connectivity index (χ2n) is 7.76. The smallest absolute Gasteiger partial charge is 0.248 e. The Morgan fingerprint density at radius 3 is 2.72 bits per heavy atom. The first-order valence-electron chi connectivity index (χ1n) is 11.2. The van der Waals surface area contributed by atoms with Gasteiger partial charge < -0.3 is 20.5 Å². The summed E-state index contributed by atoms with van der Waals surface area (Å²) in [6.07, 6.45) is 5.56. The molecule has 1 aliphatic rings. The summed E-state index contributed by atoms with van der Waals surface area (Å²) >= 11 is 1.58. The van der Waals surface area contributed by atoms with Gasteiger partial charge in [0, 0.05) is 11.4 Å².